The summed E-state index contributed by atoms with van der Waals surface area (Å²) in [6.45, 7) is 2.26. The molecule has 30 heavy (non-hydrogen) atoms. The van der Waals surface area contributed by atoms with Gasteiger partial charge in [-0.25, -0.2) is 0 Å². The Morgan fingerprint density at radius 2 is 1.87 bits per heavy atom. The van der Waals surface area contributed by atoms with Crippen molar-refractivity contribution in [2.45, 2.75) is 18.8 Å². The van der Waals surface area contributed by atoms with Gasteiger partial charge in [-0.15, -0.1) is 15.3 Å². The normalized spacial score (nSPS) is 16.7. The van der Waals surface area contributed by atoms with Crippen LogP contribution in [-0.4, -0.2) is 71.0 Å². The molecule has 1 amide bonds. The summed E-state index contributed by atoms with van der Waals surface area (Å²) in [5, 5.41) is 13.3. The predicted molar refractivity (Wildman–Crippen MR) is 110 cm³/mol. The van der Waals surface area contributed by atoms with Gasteiger partial charge in [0.2, 0.25) is 0 Å². The Morgan fingerprint density at radius 3 is 2.67 bits per heavy atom. The van der Waals surface area contributed by atoms with E-state index in [4.69, 9.17) is 9.47 Å². The summed E-state index contributed by atoms with van der Waals surface area (Å²) in [5.74, 6) is 3.09. The van der Waals surface area contributed by atoms with Crippen LogP contribution in [0.5, 0.6) is 11.5 Å². The van der Waals surface area contributed by atoms with Crippen LogP contribution in [0.4, 0.5) is 5.82 Å². The van der Waals surface area contributed by atoms with Gasteiger partial charge in [0.1, 0.15) is 19.0 Å². The minimum atomic E-state index is -0.0186. The second kappa shape index (κ2) is 7.47. The highest BCUT2D eigenvalue weighted by Crippen LogP contribution is 2.35. The van der Waals surface area contributed by atoms with E-state index >= 15 is 0 Å². The van der Waals surface area contributed by atoms with Crippen LogP contribution in [0, 0.1) is 0 Å². The third kappa shape index (κ3) is 3.20. The van der Waals surface area contributed by atoms with Gasteiger partial charge in [0.15, 0.2) is 23.0 Å². The maximum atomic E-state index is 13.1. The molecule has 0 saturated carbocycles. The zero-order valence-corrected chi connectivity index (χ0v) is 17.1. The van der Waals surface area contributed by atoms with Crippen molar-refractivity contribution in [3.8, 4) is 11.5 Å². The van der Waals surface area contributed by atoms with Crippen LogP contribution in [0.2, 0.25) is 0 Å². The number of para-hydroxylation sites is 1. The number of ether oxygens (including phenoxy) is 2. The lowest BCUT2D eigenvalue weighted by atomic mass is 9.95. The van der Waals surface area contributed by atoms with Crippen molar-refractivity contribution < 1.29 is 14.3 Å². The molecule has 2 aromatic heterocycles. The molecule has 5 rings (SSSR count). The van der Waals surface area contributed by atoms with Gasteiger partial charge >= 0.3 is 0 Å². The maximum Gasteiger partial charge on any atom is 0.257 e. The Bertz CT molecular complexity index is 1090. The average Bonchev–Trinajstić information content (AvgIpc) is 3.21. The van der Waals surface area contributed by atoms with E-state index in [1.807, 2.05) is 52.7 Å². The standard InChI is InChI=1S/C21H24N6O3/c1-25(2)18-7-6-17-22-23-20(27(17)24-18)14-8-10-26(11-9-14)21(28)15-4-3-5-16-19(15)30-13-12-29-16/h3-7,14H,8-13H2,1-2H3. The number of anilines is 1. The van der Waals surface area contributed by atoms with Gasteiger partial charge in [-0.05, 0) is 37.1 Å². The SMILES string of the molecule is CN(C)c1ccc2nnc(C3CCN(C(=O)c4cccc5c4OCCO5)CC3)n2n1. The van der Waals surface area contributed by atoms with Gasteiger partial charge in [0.05, 0.1) is 5.56 Å². The molecule has 156 valence electrons. The lowest BCUT2D eigenvalue weighted by Crippen LogP contribution is -2.38. The number of fused-ring (bicyclic) bond motifs is 2. The number of likely N-dealkylation sites (tertiary alicyclic amines) is 1. The predicted octanol–water partition coefficient (Wildman–Crippen LogP) is 1.98. The van der Waals surface area contributed by atoms with Crippen molar-refractivity contribution in [3.63, 3.8) is 0 Å². The average molecular weight is 408 g/mol. The molecule has 1 saturated heterocycles. The van der Waals surface area contributed by atoms with E-state index in [1.54, 1.807) is 6.07 Å². The molecule has 1 aromatic carbocycles. The molecule has 0 unspecified atom stereocenters. The molecule has 9 nitrogen and oxygen atoms in total. The molecular weight excluding hydrogens is 384 g/mol. The van der Waals surface area contributed by atoms with Gasteiger partial charge in [0, 0.05) is 33.1 Å². The van der Waals surface area contributed by atoms with Crippen LogP contribution in [0.1, 0.15) is 34.9 Å². The van der Waals surface area contributed by atoms with Gasteiger partial charge in [0.25, 0.3) is 5.91 Å². The largest absolute Gasteiger partial charge is 0.486 e. The summed E-state index contributed by atoms with van der Waals surface area (Å²) < 4.78 is 13.2. The molecule has 0 bridgehead atoms. The molecule has 2 aliphatic rings. The molecule has 0 radical (unpaired) electrons. The monoisotopic (exact) mass is 408 g/mol. The molecule has 1 fully saturated rings. The molecular formula is C21H24N6O3. The highest BCUT2D eigenvalue weighted by Gasteiger charge is 2.30. The number of nitrogens with zero attached hydrogens (tertiary/aromatic N) is 6. The van der Waals surface area contributed by atoms with Crippen LogP contribution in [0.15, 0.2) is 30.3 Å². The lowest BCUT2D eigenvalue weighted by molar-refractivity contribution is 0.0700. The number of carbonyl (C=O) groups is 1. The summed E-state index contributed by atoms with van der Waals surface area (Å²) in [6, 6.07) is 9.34. The van der Waals surface area contributed by atoms with Crippen molar-refractivity contribution in [3.05, 3.63) is 41.7 Å². The molecule has 4 heterocycles. The number of rotatable bonds is 3. The minimum Gasteiger partial charge on any atom is -0.486 e. The lowest BCUT2D eigenvalue weighted by Gasteiger charge is -2.32. The molecule has 2 aliphatic heterocycles. The Morgan fingerprint density at radius 1 is 1.07 bits per heavy atom. The maximum absolute atomic E-state index is 13.1. The first-order valence-electron chi connectivity index (χ1n) is 10.2. The molecule has 0 spiro atoms. The molecule has 3 aromatic rings. The summed E-state index contributed by atoms with van der Waals surface area (Å²) in [6.07, 6.45) is 1.62. The first kappa shape index (κ1) is 18.7. The number of hydrogen-bond donors (Lipinski definition) is 0. The van der Waals surface area contributed by atoms with Crippen LogP contribution < -0.4 is 14.4 Å². The van der Waals surface area contributed by atoms with Crippen molar-refractivity contribution >= 4 is 17.4 Å². The number of aromatic nitrogens is 4. The van der Waals surface area contributed by atoms with Gasteiger partial charge < -0.3 is 19.3 Å². The highest BCUT2D eigenvalue weighted by molar-refractivity contribution is 5.98. The Balaban J connectivity index is 1.33. The first-order chi connectivity index (χ1) is 14.6. The fourth-order valence-electron chi connectivity index (χ4n) is 4.04. The molecule has 0 atom stereocenters. The zero-order chi connectivity index (χ0) is 20.7. The first-order valence-corrected chi connectivity index (χ1v) is 10.2. The zero-order valence-electron chi connectivity index (χ0n) is 17.1. The summed E-state index contributed by atoms with van der Waals surface area (Å²) in [4.78, 5) is 17.0. The Kier molecular flexibility index (Phi) is 4.65. The van der Waals surface area contributed by atoms with Crippen molar-refractivity contribution in [2.24, 2.45) is 0 Å². The van der Waals surface area contributed by atoms with Crippen molar-refractivity contribution in [1.82, 2.24) is 24.7 Å². The van der Waals surface area contributed by atoms with E-state index in [2.05, 4.69) is 15.3 Å². The fraction of sp³-hybridized carbons (Fsp3) is 0.429. The molecule has 0 aliphatic carbocycles. The fourth-order valence-corrected chi connectivity index (χ4v) is 4.04. The molecule has 0 N–H and O–H groups in total. The minimum absolute atomic E-state index is 0.0186. The highest BCUT2D eigenvalue weighted by atomic mass is 16.6. The van der Waals surface area contributed by atoms with Crippen LogP contribution in [0.3, 0.4) is 0 Å². The number of hydrogen-bond acceptors (Lipinski definition) is 7. The number of benzene rings is 1. The smallest absolute Gasteiger partial charge is 0.257 e. The van der Waals surface area contributed by atoms with Crippen molar-refractivity contribution in [2.75, 3.05) is 45.3 Å². The van der Waals surface area contributed by atoms with Crippen molar-refractivity contribution in [1.29, 1.82) is 0 Å². The third-order valence-electron chi connectivity index (χ3n) is 5.67. The van der Waals surface area contributed by atoms with E-state index in [1.165, 1.54) is 0 Å². The third-order valence-corrected chi connectivity index (χ3v) is 5.67. The van der Waals surface area contributed by atoms with E-state index < -0.39 is 0 Å². The number of piperidine rings is 1. The number of carbonyl (C=O) groups excluding carboxylic acids is 1. The summed E-state index contributed by atoms with van der Waals surface area (Å²) in [7, 11) is 3.92. The van der Waals surface area contributed by atoms with Gasteiger partial charge in [-0.3, -0.25) is 4.79 Å². The van der Waals surface area contributed by atoms with Crippen LogP contribution in [-0.2, 0) is 0 Å². The topological polar surface area (TPSA) is 85.1 Å². The van der Waals surface area contributed by atoms with E-state index in [0.29, 0.717) is 43.4 Å². The number of amides is 1. The van der Waals surface area contributed by atoms with E-state index in [9.17, 15) is 4.79 Å². The van der Waals surface area contributed by atoms with E-state index in [0.717, 1.165) is 30.1 Å². The molecule has 9 heteroatoms. The second-order valence-corrected chi connectivity index (χ2v) is 7.81. The van der Waals surface area contributed by atoms with Gasteiger partial charge in [-0.1, -0.05) is 6.07 Å². The van der Waals surface area contributed by atoms with Gasteiger partial charge in [-0.2, -0.15) is 4.52 Å². The second-order valence-electron chi connectivity index (χ2n) is 7.81. The summed E-state index contributed by atoms with van der Waals surface area (Å²) in [5.41, 5.74) is 1.30. The van der Waals surface area contributed by atoms with Crippen LogP contribution >= 0.6 is 0 Å². The Labute approximate surface area is 174 Å². The van der Waals surface area contributed by atoms with Crippen LogP contribution in [0.25, 0.3) is 5.65 Å². The Hall–Kier alpha value is -3.36. The van der Waals surface area contributed by atoms with E-state index in [-0.39, 0.29) is 11.8 Å². The summed E-state index contributed by atoms with van der Waals surface area (Å²) >= 11 is 0. The quantitative estimate of drug-likeness (QED) is 0.655.